The molecule has 0 atom stereocenters. The molecule has 0 aliphatic carbocycles. The van der Waals surface area contributed by atoms with E-state index in [9.17, 15) is 4.79 Å². The molecule has 0 radical (unpaired) electrons. The van der Waals surface area contributed by atoms with Gasteiger partial charge in [-0.25, -0.2) is 0 Å². The molecule has 0 fully saturated rings. The van der Waals surface area contributed by atoms with Crippen molar-refractivity contribution in [1.82, 2.24) is 0 Å². The highest BCUT2D eigenvalue weighted by Gasteiger charge is 2.20. The van der Waals surface area contributed by atoms with Crippen molar-refractivity contribution in [2.45, 2.75) is 13.0 Å². The molecule has 0 saturated carbocycles. The summed E-state index contributed by atoms with van der Waals surface area (Å²) in [7, 11) is 0. The van der Waals surface area contributed by atoms with Crippen molar-refractivity contribution in [3.05, 3.63) is 59.2 Å². The number of anilines is 2. The Labute approximate surface area is 118 Å². The average molecular weight is 267 g/mol. The van der Waals surface area contributed by atoms with Crippen molar-refractivity contribution in [3.63, 3.8) is 0 Å². The molecule has 20 heavy (non-hydrogen) atoms. The number of carbonyl (C=O) groups excluding carboxylic acids is 1. The number of fused-ring (bicyclic) bond motifs is 1. The van der Waals surface area contributed by atoms with Crippen molar-refractivity contribution in [1.29, 1.82) is 0 Å². The van der Waals surface area contributed by atoms with Gasteiger partial charge in [0, 0.05) is 30.0 Å². The van der Waals surface area contributed by atoms with Gasteiger partial charge in [-0.1, -0.05) is 24.3 Å². The Morgan fingerprint density at radius 1 is 1.20 bits per heavy atom. The Morgan fingerprint density at radius 3 is 2.80 bits per heavy atom. The number of benzene rings is 2. The lowest BCUT2D eigenvalue weighted by Gasteiger charge is -2.21. The monoisotopic (exact) mass is 267 g/mol. The van der Waals surface area contributed by atoms with Crippen molar-refractivity contribution in [2.24, 2.45) is 5.73 Å². The molecule has 4 N–H and O–H groups in total. The summed E-state index contributed by atoms with van der Waals surface area (Å²) in [6.07, 6.45) is 1.01. The second kappa shape index (κ2) is 4.89. The van der Waals surface area contributed by atoms with E-state index in [1.54, 1.807) is 6.07 Å². The van der Waals surface area contributed by atoms with Crippen LogP contribution in [0.25, 0.3) is 0 Å². The minimum atomic E-state index is -0.382. The molecule has 102 valence electrons. The quantitative estimate of drug-likeness (QED) is 0.835. The molecule has 0 saturated heterocycles. The molecular formula is C16H17N3O. The van der Waals surface area contributed by atoms with Crippen molar-refractivity contribution in [3.8, 4) is 0 Å². The van der Waals surface area contributed by atoms with E-state index in [0.29, 0.717) is 12.1 Å². The van der Waals surface area contributed by atoms with Crippen molar-refractivity contribution < 1.29 is 4.79 Å². The first-order chi connectivity index (χ1) is 9.65. The van der Waals surface area contributed by atoms with Crippen LogP contribution in [0.1, 0.15) is 21.5 Å². The second-order valence-electron chi connectivity index (χ2n) is 5.08. The van der Waals surface area contributed by atoms with E-state index in [2.05, 4.69) is 11.0 Å². The fraction of sp³-hybridized carbons (Fsp3) is 0.188. The van der Waals surface area contributed by atoms with Gasteiger partial charge in [0.1, 0.15) is 0 Å². The van der Waals surface area contributed by atoms with E-state index in [0.717, 1.165) is 29.9 Å². The van der Waals surface area contributed by atoms with Crippen LogP contribution in [-0.4, -0.2) is 12.5 Å². The number of nitrogens with two attached hydrogens (primary N) is 2. The zero-order valence-corrected chi connectivity index (χ0v) is 11.2. The Hall–Kier alpha value is -2.49. The van der Waals surface area contributed by atoms with Crippen LogP contribution >= 0.6 is 0 Å². The van der Waals surface area contributed by atoms with Gasteiger partial charge in [0.15, 0.2) is 0 Å². The summed E-state index contributed by atoms with van der Waals surface area (Å²) in [5.74, 6) is -0.382. The highest BCUT2D eigenvalue weighted by molar-refractivity contribution is 5.94. The van der Waals surface area contributed by atoms with Gasteiger partial charge in [-0.2, -0.15) is 0 Å². The number of nitrogens with zero attached hydrogens (tertiary/aromatic N) is 1. The van der Waals surface area contributed by atoms with Gasteiger partial charge in [0.2, 0.25) is 5.91 Å². The first-order valence-corrected chi connectivity index (χ1v) is 6.66. The highest BCUT2D eigenvalue weighted by Crippen LogP contribution is 2.31. The molecule has 4 nitrogen and oxygen atoms in total. The molecule has 2 aromatic carbocycles. The van der Waals surface area contributed by atoms with Crippen LogP contribution in [0.5, 0.6) is 0 Å². The topological polar surface area (TPSA) is 72.4 Å². The molecule has 0 aromatic heterocycles. The first-order valence-electron chi connectivity index (χ1n) is 6.66. The second-order valence-corrected chi connectivity index (χ2v) is 5.08. The minimum absolute atomic E-state index is 0.382. The number of amides is 1. The van der Waals surface area contributed by atoms with Gasteiger partial charge in [0.05, 0.1) is 0 Å². The van der Waals surface area contributed by atoms with Gasteiger partial charge >= 0.3 is 0 Å². The van der Waals surface area contributed by atoms with Crippen LogP contribution in [0.2, 0.25) is 0 Å². The van der Waals surface area contributed by atoms with Crippen LogP contribution in [0.4, 0.5) is 11.4 Å². The normalized spacial score (nSPS) is 13.3. The van der Waals surface area contributed by atoms with E-state index in [1.165, 1.54) is 5.56 Å². The lowest BCUT2D eigenvalue weighted by atomic mass is 10.1. The molecule has 0 spiro atoms. The zero-order valence-electron chi connectivity index (χ0n) is 11.2. The number of rotatable bonds is 3. The van der Waals surface area contributed by atoms with E-state index in [-0.39, 0.29) is 5.91 Å². The molecular weight excluding hydrogens is 250 g/mol. The number of hydrogen-bond donors (Lipinski definition) is 2. The number of nitrogen functional groups attached to an aromatic ring is 1. The highest BCUT2D eigenvalue weighted by atomic mass is 16.1. The minimum Gasteiger partial charge on any atom is -0.399 e. The maximum Gasteiger partial charge on any atom is 0.249 e. The predicted octanol–water partition coefficient (Wildman–Crippen LogP) is 1.93. The standard InChI is InChI=1S/C16H17N3O/c17-13-6-5-11-7-8-19(15(11)9-13)10-12-3-1-2-4-14(12)16(18)20/h1-6,9H,7-8,10,17H2,(H2,18,20). The molecule has 3 rings (SSSR count). The Bertz CT molecular complexity index is 667. The molecule has 1 amide bonds. The first kappa shape index (κ1) is 12.5. The molecule has 2 aromatic rings. The molecule has 0 unspecified atom stereocenters. The fourth-order valence-electron chi connectivity index (χ4n) is 2.73. The molecule has 0 bridgehead atoms. The third kappa shape index (κ3) is 2.20. The van der Waals surface area contributed by atoms with Crippen molar-refractivity contribution in [2.75, 3.05) is 17.2 Å². The number of carbonyl (C=O) groups is 1. The average Bonchev–Trinajstić information content (AvgIpc) is 2.82. The summed E-state index contributed by atoms with van der Waals surface area (Å²) in [5, 5.41) is 0. The van der Waals surface area contributed by atoms with Crippen molar-refractivity contribution >= 4 is 17.3 Å². The third-order valence-electron chi connectivity index (χ3n) is 3.75. The lowest BCUT2D eigenvalue weighted by molar-refractivity contribution is 0.0999. The number of primary amides is 1. The zero-order chi connectivity index (χ0) is 14.1. The van der Waals surface area contributed by atoms with Gasteiger partial charge < -0.3 is 16.4 Å². The third-order valence-corrected chi connectivity index (χ3v) is 3.75. The predicted molar refractivity (Wildman–Crippen MR) is 80.6 cm³/mol. The smallest absolute Gasteiger partial charge is 0.249 e. The summed E-state index contributed by atoms with van der Waals surface area (Å²) in [5.41, 5.74) is 16.1. The van der Waals surface area contributed by atoms with Crippen LogP contribution < -0.4 is 16.4 Å². The van der Waals surface area contributed by atoms with Gasteiger partial charge in [-0.3, -0.25) is 4.79 Å². The summed E-state index contributed by atoms with van der Waals surface area (Å²) >= 11 is 0. The SMILES string of the molecule is NC(=O)c1ccccc1CN1CCc2ccc(N)cc21. The van der Waals surface area contributed by atoms with Crippen LogP contribution in [0, 0.1) is 0 Å². The summed E-state index contributed by atoms with van der Waals surface area (Å²) in [6, 6.07) is 13.5. The fourth-order valence-corrected chi connectivity index (χ4v) is 2.73. The number of hydrogen-bond acceptors (Lipinski definition) is 3. The summed E-state index contributed by atoms with van der Waals surface area (Å²) < 4.78 is 0. The Morgan fingerprint density at radius 2 is 2.00 bits per heavy atom. The van der Waals surface area contributed by atoms with E-state index in [1.807, 2.05) is 30.3 Å². The van der Waals surface area contributed by atoms with Crippen LogP contribution in [0.15, 0.2) is 42.5 Å². The molecule has 1 aliphatic heterocycles. The van der Waals surface area contributed by atoms with Crippen LogP contribution in [0.3, 0.4) is 0 Å². The van der Waals surface area contributed by atoms with E-state index >= 15 is 0 Å². The maximum atomic E-state index is 11.5. The Kier molecular flexibility index (Phi) is 3.06. The van der Waals surface area contributed by atoms with E-state index in [4.69, 9.17) is 11.5 Å². The molecule has 1 aliphatic rings. The summed E-state index contributed by atoms with van der Waals surface area (Å²) in [6.45, 7) is 1.61. The largest absolute Gasteiger partial charge is 0.399 e. The van der Waals surface area contributed by atoms with E-state index < -0.39 is 0 Å². The van der Waals surface area contributed by atoms with Gasteiger partial charge in [-0.15, -0.1) is 0 Å². The summed E-state index contributed by atoms with van der Waals surface area (Å²) in [4.78, 5) is 13.7. The lowest BCUT2D eigenvalue weighted by Crippen LogP contribution is -2.23. The Balaban J connectivity index is 1.91. The molecule has 1 heterocycles. The maximum absolute atomic E-state index is 11.5. The van der Waals surface area contributed by atoms with Gasteiger partial charge in [0.25, 0.3) is 0 Å². The van der Waals surface area contributed by atoms with Crippen LogP contribution in [-0.2, 0) is 13.0 Å². The van der Waals surface area contributed by atoms with Gasteiger partial charge in [-0.05, 0) is 35.7 Å². The molecule has 4 heteroatoms.